The van der Waals surface area contributed by atoms with Crippen molar-refractivity contribution in [3.05, 3.63) is 35.4 Å². The maximum atomic E-state index is 11.8. The molecule has 1 aliphatic carbocycles. The second kappa shape index (κ2) is 6.03. The van der Waals surface area contributed by atoms with Crippen molar-refractivity contribution in [3.63, 3.8) is 0 Å². The molecule has 1 aromatic rings. The number of hydrogen-bond donors (Lipinski definition) is 1. The summed E-state index contributed by atoms with van der Waals surface area (Å²) in [6.45, 7) is 0. The summed E-state index contributed by atoms with van der Waals surface area (Å²) in [6.07, 6.45) is 4.60. The Morgan fingerprint density at radius 1 is 1.41 bits per heavy atom. The fraction of sp³-hybridized carbons (Fsp3) is 0.462. The average Bonchev–Trinajstić information content (AvgIpc) is 2.89. The molecule has 4 heteroatoms. The van der Waals surface area contributed by atoms with Crippen LogP contribution in [0.5, 0.6) is 0 Å². The molecule has 0 radical (unpaired) electrons. The number of amides is 1. The highest BCUT2D eigenvalue weighted by molar-refractivity contribution is 6.17. The summed E-state index contributed by atoms with van der Waals surface area (Å²) in [5.74, 6) is 0.203. The van der Waals surface area contributed by atoms with Gasteiger partial charge in [-0.1, -0.05) is 25.0 Å². The molecule has 1 amide bonds. The zero-order valence-corrected chi connectivity index (χ0v) is 10.4. The summed E-state index contributed by atoms with van der Waals surface area (Å²) in [6, 6.07) is 7.24. The second-order valence-electron chi connectivity index (χ2n) is 4.29. The zero-order chi connectivity index (χ0) is 12.1. The van der Waals surface area contributed by atoms with E-state index in [9.17, 15) is 4.79 Å². The molecule has 1 N–H and O–H groups in total. The van der Waals surface area contributed by atoms with Crippen molar-refractivity contribution < 1.29 is 9.63 Å². The van der Waals surface area contributed by atoms with Gasteiger partial charge in [0.05, 0.1) is 6.10 Å². The molecule has 3 nitrogen and oxygen atoms in total. The molecule has 2 rings (SSSR count). The van der Waals surface area contributed by atoms with Gasteiger partial charge in [-0.25, -0.2) is 5.48 Å². The van der Waals surface area contributed by atoms with E-state index in [0.717, 1.165) is 18.4 Å². The van der Waals surface area contributed by atoms with Gasteiger partial charge in [0.2, 0.25) is 0 Å². The van der Waals surface area contributed by atoms with Gasteiger partial charge in [0.25, 0.3) is 5.91 Å². The molecule has 0 saturated heterocycles. The molecule has 1 aromatic carbocycles. The fourth-order valence-corrected chi connectivity index (χ4v) is 2.16. The normalized spacial score (nSPS) is 16.1. The molecular formula is C13H16ClNO2. The minimum absolute atomic E-state index is 0.176. The first kappa shape index (κ1) is 12.4. The van der Waals surface area contributed by atoms with Gasteiger partial charge < -0.3 is 0 Å². The first-order valence-electron chi connectivity index (χ1n) is 5.90. The predicted octanol–water partition coefficient (Wildman–Crippen LogP) is 3.03. The molecule has 1 saturated carbocycles. The molecule has 1 aliphatic rings. The Morgan fingerprint density at radius 2 is 2.18 bits per heavy atom. The first-order valence-corrected chi connectivity index (χ1v) is 6.44. The number of halogens is 1. The van der Waals surface area contributed by atoms with E-state index in [0.29, 0.717) is 11.4 Å². The van der Waals surface area contributed by atoms with E-state index >= 15 is 0 Å². The van der Waals surface area contributed by atoms with Crippen molar-refractivity contribution in [1.82, 2.24) is 5.48 Å². The summed E-state index contributed by atoms with van der Waals surface area (Å²) in [5.41, 5.74) is 4.03. The summed E-state index contributed by atoms with van der Waals surface area (Å²) >= 11 is 5.72. The number of hydroxylamine groups is 1. The van der Waals surface area contributed by atoms with E-state index in [1.165, 1.54) is 12.8 Å². The van der Waals surface area contributed by atoms with Crippen molar-refractivity contribution in [3.8, 4) is 0 Å². The molecular weight excluding hydrogens is 238 g/mol. The third-order valence-electron chi connectivity index (χ3n) is 2.96. The van der Waals surface area contributed by atoms with E-state index in [-0.39, 0.29) is 12.0 Å². The zero-order valence-electron chi connectivity index (χ0n) is 9.62. The quantitative estimate of drug-likeness (QED) is 0.662. The van der Waals surface area contributed by atoms with Crippen molar-refractivity contribution in [1.29, 1.82) is 0 Å². The molecule has 0 aromatic heterocycles. The minimum Gasteiger partial charge on any atom is -0.270 e. The van der Waals surface area contributed by atoms with Crippen LogP contribution < -0.4 is 5.48 Å². The SMILES string of the molecule is O=C(NOC1CCCC1)c1cccc(CCl)c1. The van der Waals surface area contributed by atoms with Crippen LogP contribution in [-0.4, -0.2) is 12.0 Å². The Hall–Kier alpha value is -1.06. The Kier molecular flexibility index (Phi) is 4.40. The number of carbonyl (C=O) groups is 1. The standard InChI is InChI=1S/C13H16ClNO2/c14-9-10-4-3-5-11(8-10)13(16)15-17-12-6-1-2-7-12/h3-5,8,12H,1-2,6-7,9H2,(H,15,16). The van der Waals surface area contributed by atoms with Crippen molar-refractivity contribution in [2.24, 2.45) is 0 Å². The Morgan fingerprint density at radius 3 is 2.88 bits per heavy atom. The van der Waals surface area contributed by atoms with Crippen LogP contribution in [-0.2, 0) is 10.7 Å². The van der Waals surface area contributed by atoms with Gasteiger partial charge in [-0.2, -0.15) is 0 Å². The van der Waals surface area contributed by atoms with Gasteiger partial charge in [0.1, 0.15) is 0 Å². The maximum Gasteiger partial charge on any atom is 0.274 e. The smallest absolute Gasteiger partial charge is 0.270 e. The molecule has 0 heterocycles. The van der Waals surface area contributed by atoms with E-state index in [2.05, 4.69) is 5.48 Å². The van der Waals surface area contributed by atoms with E-state index in [1.807, 2.05) is 12.1 Å². The monoisotopic (exact) mass is 253 g/mol. The van der Waals surface area contributed by atoms with E-state index < -0.39 is 0 Å². The lowest BCUT2D eigenvalue weighted by molar-refractivity contribution is -0.0124. The number of hydrogen-bond acceptors (Lipinski definition) is 2. The second-order valence-corrected chi connectivity index (χ2v) is 4.56. The summed E-state index contributed by atoms with van der Waals surface area (Å²) < 4.78 is 0. The maximum absolute atomic E-state index is 11.8. The number of benzene rings is 1. The Bertz CT molecular complexity index is 389. The summed E-state index contributed by atoms with van der Waals surface area (Å²) in [7, 11) is 0. The van der Waals surface area contributed by atoms with E-state index in [4.69, 9.17) is 16.4 Å². The molecule has 92 valence electrons. The van der Waals surface area contributed by atoms with Crippen molar-refractivity contribution >= 4 is 17.5 Å². The largest absolute Gasteiger partial charge is 0.274 e. The number of nitrogens with one attached hydrogen (secondary N) is 1. The van der Waals surface area contributed by atoms with Crippen LogP contribution in [0.4, 0.5) is 0 Å². The fourth-order valence-electron chi connectivity index (χ4n) is 2.00. The molecule has 0 unspecified atom stereocenters. The van der Waals surface area contributed by atoms with Crippen LogP contribution in [0.2, 0.25) is 0 Å². The van der Waals surface area contributed by atoms with Crippen LogP contribution in [0.3, 0.4) is 0 Å². The van der Waals surface area contributed by atoms with Gasteiger partial charge in [-0.15, -0.1) is 11.6 Å². The van der Waals surface area contributed by atoms with Gasteiger partial charge in [0, 0.05) is 11.4 Å². The number of carbonyl (C=O) groups excluding carboxylic acids is 1. The summed E-state index contributed by atoms with van der Waals surface area (Å²) in [4.78, 5) is 17.2. The third-order valence-corrected chi connectivity index (χ3v) is 3.27. The highest BCUT2D eigenvalue weighted by atomic mass is 35.5. The molecule has 17 heavy (non-hydrogen) atoms. The minimum atomic E-state index is -0.205. The lowest BCUT2D eigenvalue weighted by Crippen LogP contribution is -2.28. The third kappa shape index (κ3) is 3.45. The van der Waals surface area contributed by atoms with Crippen molar-refractivity contribution in [2.75, 3.05) is 0 Å². The molecule has 0 bridgehead atoms. The van der Waals surface area contributed by atoms with Gasteiger partial charge >= 0.3 is 0 Å². The van der Waals surface area contributed by atoms with Crippen LogP contribution in [0.15, 0.2) is 24.3 Å². The Balaban J connectivity index is 1.89. The van der Waals surface area contributed by atoms with Crippen LogP contribution >= 0.6 is 11.6 Å². The van der Waals surface area contributed by atoms with Crippen LogP contribution in [0, 0.1) is 0 Å². The number of rotatable bonds is 4. The van der Waals surface area contributed by atoms with Crippen molar-refractivity contribution in [2.45, 2.75) is 37.7 Å². The average molecular weight is 254 g/mol. The molecule has 0 aliphatic heterocycles. The number of alkyl halides is 1. The lowest BCUT2D eigenvalue weighted by atomic mass is 10.1. The van der Waals surface area contributed by atoms with Crippen LogP contribution in [0.1, 0.15) is 41.6 Å². The topological polar surface area (TPSA) is 38.3 Å². The molecule has 0 spiro atoms. The van der Waals surface area contributed by atoms with Gasteiger partial charge in [0.15, 0.2) is 0 Å². The molecule has 0 atom stereocenters. The first-order chi connectivity index (χ1) is 8.29. The lowest BCUT2D eigenvalue weighted by Gasteiger charge is -2.11. The highest BCUT2D eigenvalue weighted by Gasteiger charge is 2.17. The van der Waals surface area contributed by atoms with Crippen LogP contribution in [0.25, 0.3) is 0 Å². The molecule has 1 fully saturated rings. The summed E-state index contributed by atoms with van der Waals surface area (Å²) in [5, 5.41) is 0. The predicted molar refractivity (Wildman–Crippen MR) is 66.8 cm³/mol. The Labute approximate surface area is 106 Å². The van der Waals surface area contributed by atoms with Gasteiger partial charge in [-0.05, 0) is 30.5 Å². The van der Waals surface area contributed by atoms with Gasteiger partial charge in [-0.3, -0.25) is 9.63 Å². The van der Waals surface area contributed by atoms with E-state index in [1.54, 1.807) is 12.1 Å². The highest BCUT2D eigenvalue weighted by Crippen LogP contribution is 2.20.